The standard InChI is InChI=1S/C15H32N2O/c1-4-18-14-8-7-11-17(12-14)10-6-5-9-15(2,3)13-16/h14H,4-13,16H2,1-3H3. The summed E-state index contributed by atoms with van der Waals surface area (Å²) in [4.78, 5) is 2.57. The Balaban J connectivity index is 2.11. The monoisotopic (exact) mass is 256 g/mol. The van der Waals surface area contributed by atoms with Gasteiger partial charge in [0.15, 0.2) is 0 Å². The van der Waals surface area contributed by atoms with Crippen LogP contribution in [0.3, 0.4) is 0 Å². The molecule has 0 amide bonds. The van der Waals surface area contributed by atoms with Crippen LogP contribution < -0.4 is 5.73 Å². The second-order valence-corrected chi connectivity index (χ2v) is 6.35. The number of rotatable bonds is 8. The first-order valence-electron chi connectivity index (χ1n) is 7.61. The minimum atomic E-state index is 0.315. The number of nitrogens with zero attached hydrogens (tertiary/aromatic N) is 1. The quantitative estimate of drug-likeness (QED) is 0.679. The van der Waals surface area contributed by atoms with Gasteiger partial charge >= 0.3 is 0 Å². The molecule has 0 aromatic carbocycles. The highest BCUT2D eigenvalue weighted by atomic mass is 16.5. The lowest BCUT2D eigenvalue weighted by Crippen LogP contribution is -2.40. The summed E-state index contributed by atoms with van der Waals surface area (Å²) >= 11 is 0. The summed E-state index contributed by atoms with van der Waals surface area (Å²) < 4.78 is 5.73. The van der Waals surface area contributed by atoms with Gasteiger partial charge in [0.1, 0.15) is 0 Å². The summed E-state index contributed by atoms with van der Waals surface area (Å²) in [7, 11) is 0. The minimum absolute atomic E-state index is 0.315. The molecular formula is C15H32N2O. The molecule has 1 saturated heterocycles. The maximum atomic E-state index is 5.76. The third kappa shape index (κ3) is 6.17. The van der Waals surface area contributed by atoms with E-state index in [0.29, 0.717) is 11.5 Å². The van der Waals surface area contributed by atoms with E-state index in [1.165, 1.54) is 45.2 Å². The molecule has 0 spiro atoms. The van der Waals surface area contributed by atoms with Crippen LogP contribution in [-0.2, 0) is 4.74 Å². The second-order valence-electron chi connectivity index (χ2n) is 6.35. The molecule has 3 heteroatoms. The second kappa shape index (κ2) is 8.13. The van der Waals surface area contributed by atoms with E-state index in [-0.39, 0.29) is 0 Å². The number of likely N-dealkylation sites (tertiary alicyclic amines) is 1. The highest BCUT2D eigenvalue weighted by molar-refractivity contribution is 4.74. The van der Waals surface area contributed by atoms with Gasteiger partial charge in [0.05, 0.1) is 6.10 Å². The summed E-state index contributed by atoms with van der Waals surface area (Å²) in [6, 6.07) is 0. The van der Waals surface area contributed by atoms with E-state index in [0.717, 1.165) is 19.7 Å². The Bertz CT molecular complexity index is 217. The van der Waals surface area contributed by atoms with E-state index in [1.54, 1.807) is 0 Å². The van der Waals surface area contributed by atoms with Gasteiger partial charge in [-0.25, -0.2) is 0 Å². The maximum Gasteiger partial charge on any atom is 0.0702 e. The molecule has 108 valence electrons. The van der Waals surface area contributed by atoms with Gasteiger partial charge < -0.3 is 15.4 Å². The molecule has 0 aromatic heterocycles. The zero-order valence-corrected chi connectivity index (χ0v) is 12.6. The molecule has 0 aliphatic carbocycles. The van der Waals surface area contributed by atoms with Gasteiger partial charge in [-0.3, -0.25) is 0 Å². The molecule has 1 atom stereocenters. The molecule has 1 fully saturated rings. The van der Waals surface area contributed by atoms with E-state index in [1.807, 2.05) is 0 Å². The Morgan fingerprint density at radius 2 is 2.11 bits per heavy atom. The van der Waals surface area contributed by atoms with Crippen molar-refractivity contribution in [1.82, 2.24) is 4.90 Å². The largest absolute Gasteiger partial charge is 0.377 e. The molecule has 0 saturated carbocycles. The molecule has 1 heterocycles. The Hall–Kier alpha value is -0.120. The first kappa shape index (κ1) is 15.9. The lowest BCUT2D eigenvalue weighted by Gasteiger charge is -2.32. The molecule has 0 radical (unpaired) electrons. The number of hydrogen-bond donors (Lipinski definition) is 1. The van der Waals surface area contributed by atoms with Gasteiger partial charge in [0.2, 0.25) is 0 Å². The van der Waals surface area contributed by atoms with Crippen LogP contribution >= 0.6 is 0 Å². The van der Waals surface area contributed by atoms with Crippen molar-refractivity contribution in [2.45, 2.75) is 59.0 Å². The van der Waals surface area contributed by atoms with Crippen molar-refractivity contribution in [2.75, 3.05) is 32.8 Å². The van der Waals surface area contributed by atoms with Gasteiger partial charge in [0, 0.05) is 13.2 Å². The first-order chi connectivity index (χ1) is 8.57. The van der Waals surface area contributed by atoms with Gasteiger partial charge in [-0.2, -0.15) is 0 Å². The SMILES string of the molecule is CCOC1CCCN(CCCCC(C)(C)CN)C1. The summed E-state index contributed by atoms with van der Waals surface area (Å²) in [5, 5.41) is 0. The van der Waals surface area contributed by atoms with Crippen LogP contribution in [0.25, 0.3) is 0 Å². The zero-order valence-electron chi connectivity index (χ0n) is 12.6. The summed E-state index contributed by atoms with van der Waals surface area (Å²) in [5.41, 5.74) is 6.07. The van der Waals surface area contributed by atoms with Gasteiger partial charge in [-0.15, -0.1) is 0 Å². The molecule has 0 aromatic rings. The molecule has 18 heavy (non-hydrogen) atoms. The van der Waals surface area contributed by atoms with Crippen molar-refractivity contribution in [1.29, 1.82) is 0 Å². The van der Waals surface area contributed by atoms with Crippen molar-refractivity contribution >= 4 is 0 Å². The highest BCUT2D eigenvalue weighted by Crippen LogP contribution is 2.21. The molecule has 2 N–H and O–H groups in total. The average Bonchev–Trinajstić information content (AvgIpc) is 2.36. The normalized spacial score (nSPS) is 22.3. The van der Waals surface area contributed by atoms with E-state index in [2.05, 4.69) is 25.7 Å². The van der Waals surface area contributed by atoms with E-state index in [9.17, 15) is 0 Å². The van der Waals surface area contributed by atoms with Crippen molar-refractivity contribution in [2.24, 2.45) is 11.1 Å². The predicted octanol–water partition coefficient (Wildman–Crippen LogP) is 2.64. The first-order valence-corrected chi connectivity index (χ1v) is 7.61. The molecule has 1 aliphatic heterocycles. The number of nitrogens with two attached hydrogens (primary N) is 1. The number of piperidine rings is 1. The zero-order chi connectivity index (χ0) is 13.4. The summed E-state index contributed by atoms with van der Waals surface area (Å²) in [5.74, 6) is 0. The third-order valence-electron chi connectivity index (χ3n) is 4.00. The minimum Gasteiger partial charge on any atom is -0.377 e. The van der Waals surface area contributed by atoms with Crippen LogP contribution in [0, 0.1) is 5.41 Å². The Labute approximate surface area is 113 Å². The van der Waals surface area contributed by atoms with E-state index in [4.69, 9.17) is 10.5 Å². The van der Waals surface area contributed by atoms with Crippen LogP contribution in [0.2, 0.25) is 0 Å². The summed E-state index contributed by atoms with van der Waals surface area (Å²) in [6.45, 7) is 11.9. The van der Waals surface area contributed by atoms with Crippen LogP contribution in [0.15, 0.2) is 0 Å². The predicted molar refractivity (Wildman–Crippen MR) is 77.8 cm³/mol. The third-order valence-corrected chi connectivity index (χ3v) is 4.00. The fraction of sp³-hybridized carbons (Fsp3) is 1.00. The van der Waals surface area contributed by atoms with E-state index >= 15 is 0 Å². The van der Waals surface area contributed by atoms with Crippen LogP contribution in [0.4, 0.5) is 0 Å². The van der Waals surface area contributed by atoms with Crippen molar-refractivity contribution in [3.8, 4) is 0 Å². The molecule has 1 aliphatic rings. The van der Waals surface area contributed by atoms with Crippen molar-refractivity contribution in [3.63, 3.8) is 0 Å². The molecule has 1 unspecified atom stereocenters. The van der Waals surface area contributed by atoms with Crippen LogP contribution in [0.5, 0.6) is 0 Å². The lowest BCUT2D eigenvalue weighted by molar-refractivity contribution is 0.00543. The van der Waals surface area contributed by atoms with Gasteiger partial charge in [0.25, 0.3) is 0 Å². The molecular weight excluding hydrogens is 224 g/mol. The average molecular weight is 256 g/mol. The van der Waals surface area contributed by atoms with Crippen LogP contribution in [-0.4, -0.2) is 43.8 Å². The number of unbranched alkanes of at least 4 members (excludes halogenated alkanes) is 1. The van der Waals surface area contributed by atoms with Gasteiger partial charge in [-0.05, 0) is 57.7 Å². The Kier molecular flexibility index (Phi) is 7.20. The maximum absolute atomic E-state index is 5.76. The van der Waals surface area contributed by atoms with Crippen molar-refractivity contribution < 1.29 is 4.74 Å². The van der Waals surface area contributed by atoms with E-state index < -0.39 is 0 Å². The smallest absolute Gasteiger partial charge is 0.0702 e. The van der Waals surface area contributed by atoms with Crippen molar-refractivity contribution in [3.05, 3.63) is 0 Å². The highest BCUT2D eigenvalue weighted by Gasteiger charge is 2.20. The number of hydrogen-bond acceptors (Lipinski definition) is 3. The summed E-state index contributed by atoms with van der Waals surface area (Å²) in [6.07, 6.45) is 6.84. The topological polar surface area (TPSA) is 38.5 Å². The molecule has 0 bridgehead atoms. The number of ether oxygens (including phenoxy) is 1. The lowest BCUT2D eigenvalue weighted by atomic mass is 9.87. The fourth-order valence-electron chi connectivity index (χ4n) is 2.63. The van der Waals surface area contributed by atoms with Crippen LogP contribution in [0.1, 0.15) is 52.9 Å². The Morgan fingerprint density at radius 3 is 2.78 bits per heavy atom. The van der Waals surface area contributed by atoms with Gasteiger partial charge in [-0.1, -0.05) is 20.3 Å². The Morgan fingerprint density at radius 1 is 1.33 bits per heavy atom. The molecule has 3 nitrogen and oxygen atoms in total. The molecule has 1 rings (SSSR count). The fourth-order valence-corrected chi connectivity index (χ4v) is 2.63.